The van der Waals surface area contributed by atoms with Gasteiger partial charge >= 0.3 is 0 Å². The van der Waals surface area contributed by atoms with Crippen LogP contribution in [0.1, 0.15) is 31.7 Å². The Bertz CT molecular complexity index is 315. The van der Waals surface area contributed by atoms with Crippen LogP contribution in [0.15, 0.2) is 22.7 Å². The fraction of sp³-hybridized carbons (Fsp3) is 0.538. The Balaban J connectivity index is 2.46. The summed E-state index contributed by atoms with van der Waals surface area (Å²) in [5.74, 6) is 0.942. The number of hydrogen-bond donors (Lipinski definition) is 1. The Morgan fingerprint density at radius 2 is 2.12 bits per heavy atom. The van der Waals surface area contributed by atoms with Gasteiger partial charge in [0.25, 0.3) is 0 Å². The lowest BCUT2D eigenvalue weighted by Crippen LogP contribution is -2.15. The molecule has 0 saturated carbocycles. The Kier molecular flexibility index (Phi) is 6.50. The van der Waals surface area contributed by atoms with Crippen molar-refractivity contribution in [1.82, 2.24) is 5.32 Å². The normalized spacial score (nSPS) is 10.4. The molecule has 2 nitrogen and oxygen atoms in total. The first-order chi connectivity index (χ1) is 7.79. The van der Waals surface area contributed by atoms with E-state index in [4.69, 9.17) is 4.74 Å². The number of unbranched alkanes of at least 4 members (excludes halogenated alkanes) is 2. The lowest BCUT2D eigenvalue weighted by molar-refractivity contribution is 0.407. The van der Waals surface area contributed by atoms with Gasteiger partial charge in [0.15, 0.2) is 0 Å². The summed E-state index contributed by atoms with van der Waals surface area (Å²) in [7, 11) is 1.71. The highest BCUT2D eigenvalue weighted by Crippen LogP contribution is 2.26. The van der Waals surface area contributed by atoms with Crippen molar-refractivity contribution in [1.29, 1.82) is 0 Å². The van der Waals surface area contributed by atoms with Gasteiger partial charge in [0.05, 0.1) is 7.11 Å². The highest BCUT2D eigenvalue weighted by molar-refractivity contribution is 9.10. The molecule has 0 saturated heterocycles. The van der Waals surface area contributed by atoms with Gasteiger partial charge in [0, 0.05) is 16.6 Å². The van der Waals surface area contributed by atoms with Gasteiger partial charge in [0.1, 0.15) is 5.75 Å². The Morgan fingerprint density at radius 1 is 1.31 bits per heavy atom. The van der Waals surface area contributed by atoms with Crippen LogP contribution >= 0.6 is 15.9 Å². The minimum absolute atomic E-state index is 0.855. The third-order valence-corrected chi connectivity index (χ3v) is 3.30. The van der Waals surface area contributed by atoms with Crippen LogP contribution in [0.25, 0.3) is 0 Å². The average Bonchev–Trinajstić information content (AvgIpc) is 2.30. The second kappa shape index (κ2) is 7.69. The van der Waals surface area contributed by atoms with Crippen LogP contribution in [0.3, 0.4) is 0 Å². The van der Waals surface area contributed by atoms with E-state index >= 15 is 0 Å². The predicted octanol–water partition coefficient (Wildman–Crippen LogP) is 3.74. The molecule has 0 spiro atoms. The Labute approximate surface area is 107 Å². The van der Waals surface area contributed by atoms with Crippen molar-refractivity contribution < 1.29 is 4.74 Å². The van der Waals surface area contributed by atoms with Crippen molar-refractivity contribution in [3.05, 3.63) is 28.2 Å². The first-order valence-electron chi connectivity index (χ1n) is 5.81. The van der Waals surface area contributed by atoms with E-state index in [0.29, 0.717) is 0 Å². The molecule has 0 amide bonds. The highest BCUT2D eigenvalue weighted by atomic mass is 79.9. The summed E-state index contributed by atoms with van der Waals surface area (Å²) in [5.41, 5.74) is 1.20. The summed E-state index contributed by atoms with van der Waals surface area (Å²) in [6.45, 7) is 4.14. The lowest BCUT2D eigenvalue weighted by atomic mass is 10.2. The van der Waals surface area contributed by atoms with E-state index in [1.807, 2.05) is 18.2 Å². The SMILES string of the molecule is CCCCCNCc1c(Br)cccc1OC. The van der Waals surface area contributed by atoms with E-state index in [0.717, 1.165) is 23.3 Å². The molecule has 16 heavy (non-hydrogen) atoms. The van der Waals surface area contributed by atoms with Crippen LogP contribution in [0.4, 0.5) is 0 Å². The maximum absolute atomic E-state index is 5.33. The van der Waals surface area contributed by atoms with Crippen molar-refractivity contribution in [2.75, 3.05) is 13.7 Å². The molecule has 0 heterocycles. The van der Waals surface area contributed by atoms with Gasteiger partial charge in [-0.3, -0.25) is 0 Å². The summed E-state index contributed by atoms with van der Waals surface area (Å²) in [5, 5.41) is 3.44. The van der Waals surface area contributed by atoms with Crippen molar-refractivity contribution in [3.63, 3.8) is 0 Å². The van der Waals surface area contributed by atoms with Gasteiger partial charge in [-0.1, -0.05) is 41.8 Å². The molecule has 1 rings (SSSR count). The van der Waals surface area contributed by atoms with Gasteiger partial charge in [-0.05, 0) is 25.1 Å². The van der Waals surface area contributed by atoms with Gasteiger partial charge < -0.3 is 10.1 Å². The molecule has 3 heteroatoms. The van der Waals surface area contributed by atoms with Crippen LogP contribution in [0, 0.1) is 0 Å². The molecule has 1 N–H and O–H groups in total. The monoisotopic (exact) mass is 285 g/mol. The molecule has 1 aromatic carbocycles. The van der Waals surface area contributed by atoms with E-state index < -0.39 is 0 Å². The standard InChI is InChI=1S/C13H20BrNO/c1-3-4-5-9-15-10-11-12(14)7-6-8-13(11)16-2/h6-8,15H,3-5,9-10H2,1-2H3. The van der Waals surface area contributed by atoms with Gasteiger partial charge in [0.2, 0.25) is 0 Å². The third-order valence-electron chi connectivity index (χ3n) is 2.55. The molecule has 0 unspecified atom stereocenters. The molecular weight excluding hydrogens is 266 g/mol. The first kappa shape index (κ1) is 13.5. The zero-order valence-electron chi connectivity index (χ0n) is 10.1. The van der Waals surface area contributed by atoms with E-state index in [1.165, 1.54) is 24.8 Å². The number of hydrogen-bond acceptors (Lipinski definition) is 2. The average molecular weight is 286 g/mol. The molecule has 0 fully saturated rings. The number of nitrogens with one attached hydrogen (secondary N) is 1. The van der Waals surface area contributed by atoms with Gasteiger partial charge in [-0.15, -0.1) is 0 Å². The van der Waals surface area contributed by atoms with E-state index in [-0.39, 0.29) is 0 Å². The maximum Gasteiger partial charge on any atom is 0.124 e. The summed E-state index contributed by atoms with van der Waals surface area (Å²) >= 11 is 3.55. The zero-order chi connectivity index (χ0) is 11.8. The fourth-order valence-corrected chi connectivity index (χ4v) is 2.10. The number of benzene rings is 1. The second-order valence-corrected chi connectivity index (χ2v) is 4.66. The van der Waals surface area contributed by atoms with Crippen molar-refractivity contribution in [2.45, 2.75) is 32.7 Å². The van der Waals surface area contributed by atoms with Crippen molar-refractivity contribution in [2.24, 2.45) is 0 Å². The lowest BCUT2D eigenvalue weighted by Gasteiger charge is -2.11. The summed E-state index contributed by atoms with van der Waals surface area (Å²) in [6.07, 6.45) is 3.80. The quantitative estimate of drug-likeness (QED) is 0.771. The molecule has 0 aromatic heterocycles. The molecule has 0 radical (unpaired) electrons. The number of methoxy groups -OCH3 is 1. The molecule has 0 bridgehead atoms. The summed E-state index contributed by atoms with van der Waals surface area (Å²) in [6, 6.07) is 6.03. The molecule has 0 aliphatic heterocycles. The molecule has 1 aromatic rings. The smallest absolute Gasteiger partial charge is 0.124 e. The first-order valence-corrected chi connectivity index (χ1v) is 6.61. The Morgan fingerprint density at radius 3 is 2.81 bits per heavy atom. The number of rotatable bonds is 7. The van der Waals surface area contributed by atoms with E-state index in [2.05, 4.69) is 28.2 Å². The van der Waals surface area contributed by atoms with Crippen LogP contribution < -0.4 is 10.1 Å². The largest absolute Gasteiger partial charge is 0.496 e. The van der Waals surface area contributed by atoms with Gasteiger partial charge in [-0.25, -0.2) is 0 Å². The van der Waals surface area contributed by atoms with Crippen LogP contribution in [-0.2, 0) is 6.54 Å². The Hall–Kier alpha value is -0.540. The van der Waals surface area contributed by atoms with Gasteiger partial charge in [-0.2, -0.15) is 0 Å². The molecule has 90 valence electrons. The highest BCUT2D eigenvalue weighted by Gasteiger charge is 2.05. The molecular formula is C13H20BrNO. The molecule has 0 aliphatic carbocycles. The topological polar surface area (TPSA) is 21.3 Å². The second-order valence-electron chi connectivity index (χ2n) is 3.80. The third kappa shape index (κ3) is 4.14. The minimum Gasteiger partial charge on any atom is -0.496 e. The van der Waals surface area contributed by atoms with E-state index in [1.54, 1.807) is 7.11 Å². The minimum atomic E-state index is 0.855. The molecule has 0 aliphatic rings. The zero-order valence-corrected chi connectivity index (χ0v) is 11.6. The molecule has 0 atom stereocenters. The summed E-state index contributed by atoms with van der Waals surface area (Å²) < 4.78 is 6.44. The summed E-state index contributed by atoms with van der Waals surface area (Å²) in [4.78, 5) is 0. The number of ether oxygens (including phenoxy) is 1. The maximum atomic E-state index is 5.33. The van der Waals surface area contributed by atoms with E-state index in [9.17, 15) is 0 Å². The number of halogens is 1. The van der Waals surface area contributed by atoms with Crippen LogP contribution in [-0.4, -0.2) is 13.7 Å². The predicted molar refractivity (Wildman–Crippen MR) is 71.9 cm³/mol. The van der Waals surface area contributed by atoms with Crippen LogP contribution in [0.2, 0.25) is 0 Å². The van der Waals surface area contributed by atoms with Crippen molar-refractivity contribution in [3.8, 4) is 5.75 Å². The van der Waals surface area contributed by atoms with Crippen molar-refractivity contribution >= 4 is 15.9 Å². The fourth-order valence-electron chi connectivity index (χ4n) is 1.62. The van der Waals surface area contributed by atoms with Crippen LogP contribution in [0.5, 0.6) is 5.75 Å².